The SMILES string of the molecule is CC(C)Oc1cccc(NCc2ccno2)c1N. The first-order valence-electron chi connectivity index (χ1n) is 5.85. The Labute approximate surface area is 106 Å². The summed E-state index contributed by atoms with van der Waals surface area (Å²) in [5.41, 5.74) is 7.46. The normalized spacial score (nSPS) is 10.6. The van der Waals surface area contributed by atoms with Crippen LogP contribution in [-0.2, 0) is 6.54 Å². The highest BCUT2D eigenvalue weighted by Crippen LogP contribution is 2.30. The van der Waals surface area contributed by atoms with Gasteiger partial charge >= 0.3 is 0 Å². The monoisotopic (exact) mass is 247 g/mol. The number of para-hydroxylation sites is 1. The Morgan fingerprint density at radius 2 is 2.22 bits per heavy atom. The van der Waals surface area contributed by atoms with E-state index < -0.39 is 0 Å². The fourth-order valence-corrected chi connectivity index (χ4v) is 1.57. The largest absolute Gasteiger partial charge is 0.489 e. The molecule has 0 radical (unpaired) electrons. The molecule has 0 fully saturated rings. The topological polar surface area (TPSA) is 73.3 Å². The minimum Gasteiger partial charge on any atom is -0.489 e. The molecule has 2 aromatic rings. The molecule has 0 saturated heterocycles. The molecule has 5 nitrogen and oxygen atoms in total. The van der Waals surface area contributed by atoms with Crippen molar-refractivity contribution in [3.8, 4) is 5.75 Å². The van der Waals surface area contributed by atoms with Gasteiger partial charge in [-0.05, 0) is 26.0 Å². The maximum absolute atomic E-state index is 6.04. The fourth-order valence-electron chi connectivity index (χ4n) is 1.57. The van der Waals surface area contributed by atoms with Crippen LogP contribution in [0.3, 0.4) is 0 Å². The average Bonchev–Trinajstić information content (AvgIpc) is 2.83. The van der Waals surface area contributed by atoms with Gasteiger partial charge in [0.25, 0.3) is 0 Å². The first kappa shape index (κ1) is 12.3. The van der Waals surface area contributed by atoms with Gasteiger partial charge in [-0.1, -0.05) is 11.2 Å². The van der Waals surface area contributed by atoms with E-state index in [1.165, 1.54) is 0 Å². The van der Waals surface area contributed by atoms with Gasteiger partial charge in [-0.15, -0.1) is 0 Å². The summed E-state index contributed by atoms with van der Waals surface area (Å²) >= 11 is 0. The Hall–Kier alpha value is -2.17. The summed E-state index contributed by atoms with van der Waals surface area (Å²) in [5.74, 6) is 1.44. The van der Waals surface area contributed by atoms with Gasteiger partial charge in [-0.3, -0.25) is 0 Å². The second-order valence-corrected chi connectivity index (χ2v) is 4.22. The van der Waals surface area contributed by atoms with E-state index in [1.54, 1.807) is 12.3 Å². The van der Waals surface area contributed by atoms with Crippen LogP contribution >= 0.6 is 0 Å². The third kappa shape index (κ3) is 2.94. The van der Waals surface area contributed by atoms with Gasteiger partial charge in [0.15, 0.2) is 5.76 Å². The van der Waals surface area contributed by atoms with Crippen molar-refractivity contribution >= 4 is 11.4 Å². The number of rotatable bonds is 5. The van der Waals surface area contributed by atoms with E-state index in [0.29, 0.717) is 18.0 Å². The van der Waals surface area contributed by atoms with Crippen molar-refractivity contribution in [1.29, 1.82) is 0 Å². The summed E-state index contributed by atoms with van der Waals surface area (Å²) in [6.45, 7) is 4.47. The number of benzene rings is 1. The smallest absolute Gasteiger partial charge is 0.155 e. The molecule has 1 aromatic heterocycles. The van der Waals surface area contributed by atoms with Gasteiger partial charge in [0, 0.05) is 6.07 Å². The Morgan fingerprint density at radius 1 is 1.39 bits per heavy atom. The summed E-state index contributed by atoms with van der Waals surface area (Å²) < 4.78 is 10.6. The van der Waals surface area contributed by atoms with Crippen LogP contribution in [0.25, 0.3) is 0 Å². The second kappa shape index (κ2) is 5.44. The minimum atomic E-state index is 0.0943. The molecule has 1 aromatic carbocycles. The molecule has 5 heteroatoms. The number of aromatic nitrogens is 1. The number of nitrogens with zero attached hydrogens (tertiary/aromatic N) is 1. The van der Waals surface area contributed by atoms with Crippen LogP contribution in [0.2, 0.25) is 0 Å². The standard InChI is InChI=1S/C13H17N3O2/c1-9(2)17-12-5-3-4-11(13(12)14)15-8-10-6-7-16-18-10/h3-7,9,15H,8,14H2,1-2H3. The highest BCUT2D eigenvalue weighted by atomic mass is 16.5. The molecule has 96 valence electrons. The number of nitrogens with two attached hydrogens (primary N) is 1. The summed E-state index contributed by atoms with van der Waals surface area (Å²) in [5, 5.41) is 6.83. The lowest BCUT2D eigenvalue weighted by atomic mass is 10.2. The molecule has 1 heterocycles. The predicted octanol–water partition coefficient (Wildman–Crippen LogP) is 2.66. The third-order valence-corrected chi connectivity index (χ3v) is 2.37. The number of hydrogen-bond donors (Lipinski definition) is 2. The molecule has 0 aliphatic rings. The Morgan fingerprint density at radius 3 is 2.89 bits per heavy atom. The van der Waals surface area contributed by atoms with E-state index in [9.17, 15) is 0 Å². The summed E-state index contributed by atoms with van der Waals surface area (Å²) in [6, 6.07) is 7.46. The number of anilines is 2. The lowest BCUT2D eigenvalue weighted by Crippen LogP contribution is -2.09. The lowest BCUT2D eigenvalue weighted by molar-refractivity contribution is 0.244. The molecule has 0 aliphatic carbocycles. The molecule has 0 bridgehead atoms. The first-order chi connectivity index (χ1) is 8.66. The zero-order chi connectivity index (χ0) is 13.0. The molecular formula is C13H17N3O2. The maximum Gasteiger partial charge on any atom is 0.155 e. The van der Waals surface area contributed by atoms with Crippen LogP contribution in [0.15, 0.2) is 35.0 Å². The van der Waals surface area contributed by atoms with Crippen molar-refractivity contribution in [3.63, 3.8) is 0 Å². The summed E-state index contributed by atoms with van der Waals surface area (Å²) in [7, 11) is 0. The van der Waals surface area contributed by atoms with E-state index in [2.05, 4.69) is 10.5 Å². The molecule has 3 N–H and O–H groups in total. The molecule has 2 rings (SSSR count). The van der Waals surface area contributed by atoms with E-state index >= 15 is 0 Å². The maximum atomic E-state index is 6.04. The van der Waals surface area contributed by atoms with Gasteiger partial charge in [0.05, 0.1) is 30.2 Å². The van der Waals surface area contributed by atoms with Crippen molar-refractivity contribution in [3.05, 3.63) is 36.2 Å². The highest BCUT2D eigenvalue weighted by Gasteiger charge is 2.07. The van der Waals surface area contributed by atoms with Gasteiger partial charge in [0.2, 0.25) is 0 Å². The molecular weight excluding hydrogens is 230 g/mol. The fraction of sp³-hybridized carbons (Fsp3) is 0.308. The van der Waals surface area contributed by atoms with E-state index in [-0.39, 0.29) is 6.10 Å². The van der Waals surface area contributed by atoms with Crippen molar-refractivity contribution in [2.75, 3.05) is 11.1 Å². The van der Waals surface area contributed by atoms with E-state index in [0.717, 1.165) is 11.4 Å². The average molecular weight is 247 g/mol. The highest BCUT2D eigenvalue weighted by molar-refractivity contribution is 5.72. The predicted molar refractivity (Wildman–Crippen MR) is 70.4 cm³/mol. The van der Waals surface area contributed by atoms with Crippen LogP contribution in [-0.4, -0.2) is 11.3 Å². The number of hydrogen-bond acceptors (Lipinski definition) is 5. The quantitative estimate of drug-likeness (QED) is 0.794. The number of nitrogen functional groups attached to an aromatic ring is 1. The minimum absolute atomic E-state index is 0.0943. The van der Waals surface area contributed by atoms with Crippen LogP contribution in [0.5, 0.6) is 5.75 Å². The van der Waals surface area contributed by atoms with E-state index in [4.69, 9.17) is 15.0 Å². The van der Waals surface area contributed by atoms with Gasteiger partial charge in [0.1, 0.15) is 5.75 Å². The molecule has 0 saturated carbocycles. The molecule has 0 unspecified atom stereocenters. The Kier molecular flexibility index (Phi) is 3.72. The van der Waals surface area contributed by atoms with Crippen molar-refractivity contribution < 1.29 is 9.26 Å². The number of nitrogens with one attached hydrogen (secondary N) is 1. The Bertz CT molecular complexity index is 495. The van der Waals surface area contributed by atoms with Gasteiger partial charge in [-0.25, -0.2) is 0 Å². The molecule has 18 heavy (non-hydrogen) atoms. The summed E-state index contributed by atoms with van der Waals surface area (Å²) in [6.07, 6.45) is 1.70. The molecule has 0 aliphatic heterocycles. The zero-order valence-corrected chi connectivity index (χ0v) is 10.5. The van der Waals surface area contributed by atoms with Crippen LogP contribution < -0.4 is 15.8 Å². The zero-order valence-electron chi connectivity index (χ0n) is 10.5. The lowest BCUT2D eigenvalue weighted by Gasteiger charge is -2.15. The van der Waals surface area contributed by atoms with Crippen LogP contribution in [0.1, 0.15) is 19.6 Å². The van der Waals surface area contributed by atoms with Crippen molar-refractivity contribution in [2.24, 2.45) is 0 Å². The van der Waals surface area contributed by atoms with Gasteiger partial charge < -0.3 is 20.3 Å². The molecule has 0 amide bonds. The van der Waals surface area contributed by atoms with Crippen molar-refractivity contribution in [2.45, 2.75) is 26.5 Å². The van der Waals surface area contributed by atoms with Gasteiger partial charge in [-0.2, -0.15) is 0 Å². The molecule has 0 spiro atoms. The summed E-state index contributed by atoms with van der Waals surface area (Å²) in [4.78, 5) is 0. The van der Waals surface area contributed by atoms with E-state index in [1.807, 2.05) is 32.0 Å². The number of ether oxygens (including phenoxy) is 1. The third-order valence-electron chi connectivity index (χ3n) is 2.37. The van der Waals surface area contributed by atoms with Crippen LogP contribution in [0.4, 0.5) is 11.4 Å². The van der Waals surface area contributed by atoms with Crippen molar-refractivity contribution in [1.82, 2.24) is 5.16 Å². The first-order valence-corrected chi connectivity index (χ1v) is 5.85. The Balaban J connectivity index is 2.08. The second-order valence-electron chi connectivity index (χ2n) is 4.22. The van der Waals surface area contributed by atoms with Crippen LogP contribution in [0, 0.1) is 0 Å². The molecule has 0 atom stereocenters.